The van der Waals surface area contributed by atoms with Crippen molar-refractivity contribution in [3.63, 3.8) is 0 Å². The normalized spacial score (nSPS) is 24.1. The summed E-state index contributed by atoms with van der Waals surface area (Å²) in [5.74, 6) is 0.0732. The van der Waals surface area contributed by atoms with Gasteiger partial charge in [0.2, 0.25) is 0 Å². The first kappa shape index (κ1) is 13.0. The standard InChI is InChI=1S/C14H18FN3/c1-17-9-11-5-6-18(2)14(11)10-3-4-13(15)12(7-10)8-16/h3-4,7,11,14,17H,5-6,9H2,1-2H3. The zero-order valence-corrected chi connectivity index (χ0v) is 10.8. The van der Waals surface area contributed by atoms with E-state index in [9.17, 15) is 4.39 Å². The summed E-state index contributed by atoms with van der Waals surface area (Å²) in [6.07, 6.45) is 1.13. The van der Waals surface area contributed by atoms with Gasteiger partial charge in [0.05, 0.1) is 5.56 Å². The summed E-state index contributed by atoms with van der Waals surface area (Å²) in [7, 11) is 4.02. The Labute approximate surface area is 107 Å². The van der Waals surface area contributed by atoms with Gasteiger partial charge in [-0.1, -0.05) is 6.07 Å². The summed E-state index contributed by atoms with van der Waals surface area (Å²) in [5.41, 5.74) is 1.17. The molecule has 18 heavy (non-hydrogen) atoms. The maximum absolute atomic E-state index is 13.4. The highest BCUT2D eigenvalue weighted by Crippen LogP contribution is 2.36. The maximum atomic E-state index is 13.4. The molecule has 2 atom stereocenters. The van der Waals surface area contributed by atoms with E-state index in [1.807, 2.05) is 13.1 Å². The molecule has 2 rings (SSSR count). The molecule has 96 valence electrons. The van der Waals surface area contributed by atoms with Crippen LogP contribution in [0.1, 0.15) is 23.6 Å². The summed E-state index contributed by atoms with van der Waals surface area (Å²) in [5, 5.41) is 12.1. The van der Waals surface area contributed by atoms with Crippen molar-refractivity contribution in [2.24, 2.45) is 5.92 Å². The lowest BCUT2D eigenvalue weighted by Gasteiger charge is -2.25. The molecule has 1 fully saturated rings. The van der Waals surface area contributed by atoms with E-state index in [4.69, 9.17) is 5.26 Å². The molecule has 0 bridgehead atoms. The molecule has 0 radical (unpaired) electrons. The zero-order valence-electron chi connectivity index (χ0n) is 10.8. The van der Waals surface area contributed by atoms with Crippen LogP contribution < -0.4 is 5.32 Å². The molecule has 1 aliphatic rings. The van der Waals surface area contributed by atoms with Crippen LogP contribution in [0.15, 0.2) is 18.2 Å². The molecule has 2 unspecified atom stereocenters. The smallest absolute Gasteiger partial charge is 0.140 e. The molecule has 0 spiro atoms. The minimum Gasteiger partial charge on any atom is -0.319 e. The van der Waals surface area contributed by atoms with Gasteiger partial charge in [0.25, 0.3) is 0 Å². The van der Waals surface area contributed by atoms with Crippen LogP contribution in [0, 0.1) is 23.1 Å². The fraction of sp³-hybridized carbons (Fsp3) is 0.500. The summed E-state index contributed by atoms with van der Waals surface area (Å²) in [6, 6.07) is 7.06. The topological polar surface area (TPSA) is 39.1 Å². The van der Waals surface area contributed by atoms with Crippen LogP contribution in [0.25, 0.3) is 0 Å². The first-order valence-electron chi connectivity index (χ1n) is 6.21. The second-order valence-corrected chi connectivity index (χ2v) is 4.88. The van der Waals surface area contributed by atoms with E-state index in [1.54, 1.807) is 12.1 Å². The number of nitriles is 1. The Balaban J connectivity index is 2.31. The van der Waals surface area contributed by atoms with Gasteiger partial charge < -0.3 is 5.32 Å². The van der Waals surface area contributed by atoms with E-state index >= 15 is 0 Å². The number of benzene rings is 1. The minimum atomic E-state index is -0.438. The lowest BCUT2D eigenvalue weighted by molar-refractivity contribution is 0.274. The van der Waals surface area contributed by atoms with Gasteiger partial charge in [-0.3, -0.25) is 4.90 Å². The van der Waals surface area contributed by atoms with E-state index in [1.165, 1.54) is 6.07 Å². The highest BCUT2D eigenvalue weighted by atomic mass is 19.1. The predicted molar refractivity (Wildman–Crippen MR) is 68.5 cm³/mol. The first-order chi connectivity index (χ1) is 8.67. The highest BCUT2D eigenvalue weighted by Gasteiger charge is 2.32. The van der Waals surface area contributed by atoms with Gasteiger partial charge in [-0.25, -0.2) is 4.39 Å². The third-order valence-corrected chi connectivity index (χ3v) is 3.69. The Morgan fingerprint density at radius 2 is 2.33 bits per heavy atom. The molecule has 1 N–H and O–H groups in total. The first-order valence-corrected chi connectivity index (χ1v) is 6.21. The lowest BCUT2D eigenvalue weighted by atomic mass is 9.92. The van der Waals surface area contributed by atoms with Gasteiger partial charge in [-0.2, -0.15) is 5.26 Å². The number of halogens is 1. The van der Waals surface area contributed by atoms with Crippen molar-refractivity contribution < 1.29 is 4.39 Å². The van der Waals surface area contributed by atoms with Crippen molar-refractivity contribution in [2.45, 2.75) is 12.5 Å². The summed E-state index contributed by atoms with van der Waals surface area (Å²) < 4.78 is 13.4. The SMILES string of the molecule is CNCC1CCN(C)C1c1ccc(F)c(C#N)c1. The number of hydrogen-bond acceptors (Lipinski definition) is 3. The second-order valence-electron chi connectivity index (χ2n) is 4.88. The summed E-state index contributed by atoms with van der Waals surface area (Å²) in [4.78, 5) is 2.27. The molecular weight excluding hydrogens is 229 g/mol. The van der Waals surface area contributed by atoms with Gasteiger partial charge in [-0.15, -0.1) is 0 Å². The van der Waals surface area contributed by atoms with Crippen LogP contribution in [0.5, 0.6) is 0 Å². The average Bonchev–Trinajstić information content (AvgIpc) is 2.72. The van der Waals surface area contributed by atoms with Crippen molar-refractivity contribution in [3.05, 3.63) is 35.1 Å². The fourth-order valence-electron chi connectivity index (χ4n) is 2.84. The Morgan fingerprint density at radius 3 is 3.00 bits per heavy atom. The van der Waals surface area contributed by atoms with Crippen molar-refractivity contribution in [2.75, 3.05) is 27.2 Å². The minimum absolute atomic E-state index is 0.135. The van der Waals surface area contributed by atoms with Crippen LogP contribution in [-0.2, 0) is 0 Å². The van der Waals surface area contributed by atoms with Crippen LogP contribution in [0.3, 0.4) is 0 Å². The largest absolute Gasteiger partial charge is 0.319 e. The molecule has 1 heterocycles. The molecule has 1 saturated heterocycles. The van der Waals surface area contributed by atoms with Crippen molar-refractivity contribution in [3.8, 4) is 6.07 Å². The Bertz CT molecular complexity index is 465. The molecule has 1 aromatic carbocycles. The number of likely N-dealkylation sites (tertiary alicyclic amines) is 1. The number of nitrogens with one attached hydrogen (secondary N) is 1. The molecule has 3 nitrogen and oxygen atoms in total. The van der Waals surface area contributed by atoms with E-state index in [2.05, 4.69) is 17.3 Å². The van der Waals surface area contributed by atoms with Gasteiger partial charge in [0.15, 0.2) is 0 Å². The predicted octanol–water partition coefficient (Wildman–Crippen LogP) is 1.91. The molecule has 0 amide bonds. The van der Waals surface area contributed by atoms with Crippen molar-refractivity contribution in [1.82, 2.24) is 10.2 Å². The third-order valence-electron chi connectivity index (χ3n) is 3.69. The Morgan fingerprint density at radius 1 is 1.56 bits per heavy atom. The quantitative estimate of drug-likeness (QED) is 0.886. The fourth-order valence-corrected chi connectivity index (χ4v) is 2.84. The van der Waals surface area contributed by atoms with Gasteiger partial charge in [0, 0.05) is 6.04 Å². The van der Waals surface area contributed by atoms with Crippen LogP contribution in [0.2, 0.25) is 0 Å². The molecule has 0 aromatic heterocycles. The molecule has 4 heteroatoms. The molecule has 1 aromatic rings. The maximum Gasteiger partial charge on any atom is 0.140 e. The summed E-state index contributed by atoms with van der Waals surface area (Å²) >= 11 is 0. The number of hydrogen-bond donors (Lipinski definition) is 1. The number of nitrogens with zero attached hydrogens (tertiary/aromatic N) is 2. The number of rotatable bonds is 3. The molecule has 1 aliphatic heterocycles. The Kier molecular flexibility index (Phi) is 3.95. The van der Waals surface area contributed by atoms with Crippen LogP contribution >= 0.6 is 0 Å². The lowest BCUT2D eigenvalue weighted by Crippen LogP contribution is -2.26. The summed E-state index contributed by atoms with van der Waals surface area (Å²) in [6.45, 7) is 1.98. The van der Waals surface area contributed by atoms with Gasteiger partial charge in [-0.05, 0) is 57.2 Å². The van der Waals surface area contributed by atoms with Gasteiger partial charge >= 0.3 is 0 Å². The molecule has 0 saturated carbocycles. The second kappa shape index (κ2) is 5.47. The monoisotopic (exact) mass is 247 g/mol. The highest BCUT2D eigenvalue weighted by molar-refractivity contribution is 5.36. The van der Waals surface area contributed by atoms with E-state index in [-0.39, 0.29) is 11.6 Å². The van der Waals surface area contributed by atoms with E-state index < -0.39 is 5.82 Å². The molecular formula is C14H18FN3. The van der Waals surface area contributed by atoms with E-state index in [0.717, 1.165) is 25.1 Å². The van der Waals surface area contributed by atoms with Crippen molar-refractivity contribution in [1.29, 1.82) is 5.26 Å². The van der Waals surface area contributed by atoms with Crippen molar-refractivity contribution >= 4 is 0 Å². The average molecular weight is 247 g/mol. The van der Waals surface area contributed by atoms with E-state index in [0.29, 0.717) is 5.92 Å². The van der Waals surface area contributed by atoms with Crippen LogP contribution in [-0.4, -0.2) is 32.1 Å². The zero-order chi connectivity index (χ0) is 13.1. The molecule has 0 aliphatic carbocycles. The van der Waals surface area contributed by atoms with Crippen LogP contribution in [0.4, 0.5) is 4.39 Å². The third kappa shape index (κ3) is 2.38. The van der Waals surface area contributed by atoms with Gasteiger partial charge in [0.1, 0.15) is 11.9 Å². The Hall–Kier alpha value is -1.44.